The summed E-state index contributed by atoms with van der Waals surface area (Å²) in [4.78, 5) is 4.71. The zero-order valence-electron chi connectivity index (χ0n) is 16.3. The highest BCUT2D eigenvalue weighted by atomic mass is 32.2. The van der Waals surface area contributed by atoms with Crippen molar-refractivity contribution >= 4 is 11.8 Å². The van der Waals surface area contributed by atoms with Crippen LogP contribution in [0.15, 0.2) is 18.2 Å². The number of β-amino-alcohol motifs (C(OH)–C–C–N with tert-alkyl or cyclic N) is 1. The maximum Gasteiger partial charge on any atom is 0.161 e. The summed E-state index contributed by atoms with van der Waals surface area (Å²) in [7, 11) is 1.66. The van der Waals surface area contributed by atoms with Crippen molar-refractivity contribution in [2.75, 3.05) is 71.2 Å². The lowest BCUT2D eigenvalue weighted by Crippen LogP contribution is -2.40. The number of aliphatic hydroxyl groups excluding tert-OH is 1. The molecule has 1 unspecified atom stereocenters. The number of rotatable bonds is 8. The van der Waals surface area contributed by atoms with Crippen molar-refractivity contribution in [3.8, 4) is 11.5 Å². The molecule has 0 aromatic heterocycles. The molecule has 3 rings (SSSR count). The van der Waals surface area contributed by atoms with Gasteiger partial charge in [-0.1, -0.05) is 6.07 Å². The molecular weight excluding hydrogens is 364 g/mol. The van der Waals surface area contributed by atoms with Crippen LogP contribution in [-0.4, -0.2) is 92.2 Å². The van der Waals surface area contributed by atoms with Crippen molar-refractivity contribution in [2.24, 2.45) is 0 Å². The van der Waals surface area contributed by atoms with E-state index in [1.165, 1.54) is 5.56 Å². The molecule has 2 aliphatic rings. The molecule has 1 aromatic carbocycles. The number of nitrogens with zero attached hydrogens (tertiary/aromatic N) is 2. The van der Waals surface area contributed by atoms with Crippen LogP contribution in [0.4, 0.5) is 0 Å². The Morgan fingerprint density at radius 2 is 1.96 bits per heavy atom. The molecular formula is C20H32N2O4S. The second-order valence-electron chi connectivity index (χ2n) is 7.11. The lowest BCUT2D eigenvalue weighted by molar-refractivity contribution is 0.0704. The van der Waals surface area contributed by atoms with E-state index >= 15 is 0 Å². The summed E-state index contributed by atoms with van der Waals surface area (Å²) in [5.41, 5.74) is 1.20. The molecule has 152 valence electrons. The Morgan fingerprint density at radius 3 is 2.78 bits per heavy atom. The predicted molar refractivity (Wildman–Crippen MR) is 109 cm³/mol. The molecule has 0 amide bonds. The highest BCUT2D eigenvalue weighted by Crippen LogP contribution is 2.29. The lowest BCUT2D eigenvalue weighted by Gasteiger charge is -2.28. The van der Waals surface area contributed by atoms with Gasteiger partial charge in [0.05, 0.1) is 13.7 Å². The van der Waals surface area contributed by atoms with E-state index in [1.807, 2.05) is 23.9 Å². The van der Waals surface area contributed by atoms with Gasteiger partial charge < -0.3 is 19.3 Å². The molecule has 1 atom stereocenters. The molecule has 7 heteroatoms. The third-order valence-corrected chi connectivity index (χ3v) is 5.90. The summed E-state index contributed by atoms with van der Waals surface area (Å²) in [5, 5.41) is 10.3. The van der Waals surface area contributed by atoms with Crippen LogP contribution in [-0.2, 0) is 11.3 Å². The number of benzene rings is 1. The molecule has 1 aromatic rings. The highest BCUT2D eigenvalue weighted by molar-refractivity contribution is 7.99. The van der Waals surface area contributed by atoms with E-state index < -0.39 is 6.10 Å². The Bertz CT molecular complexity index is 561. The fourth-order valence-electron chi connectivity index (χ4n) is 3.46. The van der Waals surface area contributed by atoms with Crippen molar-refractivity contribution in [3.63, 3.8) is 0 Å². The van der Waals surface area contributed by atoms with Gasteiger partial charge in [0, 0.05) is 57.4 Å². The maximum absolute atomic E-state index is 10.3. The van der Waals surface area contributed by atoms with Crippen molar-refractivity contribution in [3.05, 3.63) is 23.8 Å². The molecule has 0 spiro atoms. The van der Waals surface area contributed by atoms with Crippen molar-refractivity contribution in [2.45, 2.75) is 19.1 Å². The van der Waals surface area contributed by atoms with Gasteiger partial charge in [-0.05, 0) is 24.1 Å². The Kier molecular flexibility index (Phi) is 8.54. The lowest BCUT2D eigenvalue weighted by atomic mass is 10.2. The number of aliphatic hydroxyl groups is 1. The Hall–Kier alpha value is -0.990. The second kappa shape index (κ2) is 11.1. The summed E-state index contributed by atoms with van der Waals surface area (Å²) in [6.45, 7) is 7.58. The summed E-state index contributed by atoms with van der Waals surface area (Å²) >= 11 is 1.97. The molecule has 0 aliphatic carbocycles. The van der Waals surface area contributed by atoms with Crippen LogP contribution in [0.5, 0.6) is 11.5 Å². The highest BCUT2D eigenvalue weighted by Gasteiger charge is 2.17. The first-order chi connectivity index (χ1) is 13.2. The van der Waals surface area contributed by atoms with Crippen LogP contribution < -0.4 is 9.47 Å². The maximum atomic E-state index is 10.3. The zero-order valence-corrected chi connectivity index (χ0v) is 17.1. The molecule has 0 radical (unpaired) electrons. The first kappa shape index (κ1) is 20.7. The Morgan fingerprint density at radius 1 is 1.11 bits per heavy atom. The van der Waals surface area contributed by atoms with E-state index in [9.17, 15) is 5.11 Å². The number of ether oxygens (including phenoxy) is 3. The van der Waals surface area contributed by atoms with Crippen LogP contribution in [0.25, 0.3) is 0 Å². The third kappa shape index (κ3) is 6.84. The second-order valence-corrected chi connectivity index (χ2v) is 8.33. The topological polar surface area (TPSA) is 54.4 Å². The van der Waals surface area contributed by atoms with E-state index in [4.69, 9.17) is 14.2 Å². The first-order valence-electron chi connectivity index (χ1n) is 9.82. The monoisotopic (exact) mass is 396 g/mol. The molecule has 2 saturated heterocycles. The summed E-state index contributed by atoms with van der Waals surface area (Å²) < 4.78 is 16.9. The van der Waals surface area contributed by atoms with Crippen molar-refractivity contribution in [1.29, 1.82) is 0 Å². The van der Waals surface area contributed by atoms with Crippen LogP contribution >= 0.6 is 11.8 Å². The number of hydrogen-bond donors (Lipinski definition) is 1. The van der Waals surface area contributed by atoms with Gasteiger partial charge in [-0.3, -0.25) is 9.80 Å². The average molecular weight is 397 g/mol. The van der Waals surface area contributed by atoms with E-state index in [-0.39, 0.29) is 6.61 Å². The zero-order chi connectivity index (χ0) is 18.9. The van der Waals surface area contributed by atoms with E-state index in [1.54, 1.807) is 7.11 Å². The SMILES string of the molecule is COc1cc(CN2CCCOCC2)ccc1OCC(O)CN1CCSCC1. The van der Waals surface area contributed by atoms with E-state index in [0.29, 0.717) is 12.3 Å². The minimum Gasteiger partial charge on any atom is -0.493 e. The quantitative estimate of drug-likeness (QED) is 0.718. The number of hydrogen-bond acceptors (Lipinski definition) is 7. The predicted octanol–water partition coefficient (Wildman–Crippen LogP) is 1.71. The number of thioether (sulfide) groups is 1. The van der Waals surface area contributed by atoms with Gasteiger partial charge in [-0.15, -0.1) is 0 Å². The molecule has 2 fully saturated rings. The van der Waals surface area contributed by atoms with Gasteiger partial charge in [-0.25, -0.2) is 0 Å². The van der Waals surface area contributed by atoms with Crippen molar-refractivity contribution in [1.82, 2.24) is 9.80 Å². The minimum absolute atomic E-state index is 0.281. The Balaban J connectivity index is 1.50. The van der Waals surface area contributed by atoms with Gasteiger partial charge in [0.15, 0.2) is 11.5 Å². The minimum atomic E-state index is -0.491. The first-order valence-corrected chi connectivity index (χ1v) is 11.0. The molecule has 2 aliphatic heterocycles. The summed E-state index contributed by atoms with van der Waals surface area (Å²) in [5.74, 6) is 3.70. The smallest absolute Gasteiger partial charge is 0.161 e. The molecule has 6 nitrogen and oxygen atoms in total. The summed E-state index contributed by atoms with van der Waals surface area (Å²) in [6.07, 6.45) is 0.584. The Labute approximate surface area is 166 Å². The number of methoxy groups -OCH3 is 1. The van der Waals surface area contributed by atoms with Crippen LogP contribution in [0.1, 0.15) is 12.0 Å². The van der Waals surface area contributed by atoms with Gasteiger partial charge in [0.2, 0.25) is 0 Å². The van der Waals surface area contributed by atoms with Crippen LogP contribution in [0.2, 0.25) is 0 Å². The summed E-state index contributed by atoms with van der Waals surface area (Å²) in [6, 6.07) is 6.07. The molecule has 2 heterocycles. The molecule has 0 bridgehead atoms. The van der Waals surface area contributed by atoms with Crippen LogP contribution in [0.3, 0.4) is 0 Å². The standard InChI is InChI=1S/C20H32N2O4S/c1-24-20-13-17(14-21-5-2-9-25-10-6-21)3-4-19(20)26-16-18(23)15-22-7-11-27-12-8-22/h3-4,13,18,23H,2,5-12,14-16H2,1H3. The van der Waals surface area contributed by atoms with Crippen molar-refractivity contribution < 1.29 is 19.3 Å². The van der Waals surface area contributed by atoms with Gasteiger partial charge in [-0.2, -0.15) is 11.8 Å². The van der Waals surface area contributed by atoms with Gasteiger partial charge in [0.1, 0.15) is 12.7 Å². The largest absolute Gasteiger partial charge is 0.493 e. The fraction of sp³-hybridized carbons (Fsp3) is 0.700. The van der Waals surface area contributed by atoms with Gasteiger partial charge >= 0.3 is 0 Å². The van der Waals surface area contributed by atoms with E-state index in [2.05, 4.69) is 15.9 Å². The fourth-order valence-corrected chi connectivity index (χ4v) is 4.44. The molecule has 0 saturated carbocycles. The van der Waals surface area contributed by atoms with Crippen LogP contribution in [0, 0.1) is 0 Å². The van der Waals surface area contributed by atoms with Gasteiger partial charge in [0.25, 0.3) is 0 Å². The molecule has 27 heavy (non-hydrogen) atoms. The van der Waals surface area contributed by atoms with E-state index in [0.717, 1.165) is 69.6 Å². The molecule has 1 N–H and O–H groups in total. The average Bonchev–Trinajstić information content (AvgIpc) is 2.96. The normalized spacial score (nSPS) is 20.8. The third-order valence-electron chi connectivity index (χ3n) is 4.95.